The minimum Gasteiger partial charge on any atom is -0.384 e. The Bertz CT molecular complexity index is 537. The van der Waals surface area contributed by atoms with Crippen molar-refractivity contribution in [1.82, 2.24) is 9.88 Å². The van der Waals surface area contributed by atoms with Crippen LogP contribution in [0.3, 0.4) is 0 Å². The number of nitrogen functional groups attached to an aromatic ring is 1. The lowest BCUT2D eigenvalue weighted by Gasteiger charge is -2.35. The van der Waals surface area contributed by atoms with E-state index in [0.717, 1.165) is 31.9 Å². The summed E-state index contributed by atoms with van der Waals surface area (Å²) in [6.45, 7) is 6.07. The second-order valence-corrected chi connectivity index (χ2v) is 7.73. The predicted octanol–water partition coefficient (Wildman–Crippen LogP) is 0.611. The highest BCUT2D eigenvalue weighted by atomic mass is 32.2. The fraction of sp³-hybridized carbons (Fsp3) is 0.643. The molecule has 0 aliphatic carbocycles. The van der Waals surface area contributed by atoms with Gasteiger partial charge in [-0.1, -0.05) is 6.92 Å². The third-order valence-electron chi connectivity index (χ3n) is 3.74. The molecule has 0 bridgehead atoms. The van der Waals surface area contributed by atoms with Crippen molar-refractivity contribution in [2.45, 2.75) is 13.3 Å². The van der Waals surface area contributed by atoms with E-state index in [2.05, 4.69) is 14.8 Å². The van der Waals surface area contributed by atoms with Gasteiger partial charge in [0.25, 0.3) is 0 Å². The molecule has 0 aromatic carbocycles. The SMILES string of the molecule is CCCS(=O)(=O)CCN1CCN(c2ccc(N)nc2)CC1. The van der Waals surface area contributed by atoms with Crippen LogP contribution in [0.4, 0.5) is 11.5 Å². The third-order valence-corrected chi connectivity index (χ3v) is 5.58. The number of rotatable bonds is 6. The van der Waals surface area contributed by atoms with Crippen LogP contribution in [0.15, 0.2) is 18.3 Å². The molecule has 6 nitrogen and oxygen atoms in total. The molecule has 21 heavy (non-hydrogen) atoms. The van der Waals surface area contributed by atoms with Crippen molar-refractivity contribution in [1.29, 1.82) is 0 Å². The summed E-state index contributed by atoms with van der Waals surface area (Å²) in [7, 11) is -2.88. The number of pyridine rings is 1. The second kappa shape index (κ2) is 7.09. The van der Waals surface area contributed by atoms with E-state index in [4.69, 9.17) is 5.73 Å². The summed E-state index contributed by atoms with van der Waals surface area (Å²) in [4.78, 5) is 8.58. The van der Waals surface area contributed by atoms with E-state index in [1.54, 1.807) is 12.3 Å². The largest absolute Gasteiger partial charge is 0.384 e. The topological polar surface area (TPSA) is 79.5 Å². The van der Waals surface area contributed by atoms with Crippen molar-refractivity contribution in [3.63, 3.8) is 0 Å². The van der Waals surface area contributed by atoms with Gasteiger partial charge in [0.2, 0.25) is 0 Å². The van der Waals surface area contributed by atoms with Gasteiger partial charge < -0.3 is 10.6 Å². The van der Waals surface area contributed by atoms with Gasteiger partial charge in [-0.05, 0) is 18.6 Å². The maximum Gasteiger partial charge on any atom is 0.151 e. The number of anilines is 2. The normalized spacial score (nSPS) is 17.1. The van der Waals surface area contributed by atoms with Gasteiger partial charge in [-0.15, -0.1) is 0 Å². The molecule has 0 atom stereocenters. The maximum absolute atomic E-state index is 11.7. The summed E-state index contributed by atoms with van der Waals surface area (Å²) in [6, 6.07) is 3.78. The van der Waals surface area contributed by atoms with Crippen molar-refractivity contribution >= 4 is 21.3 Å². The summed E-state index contributed by atoms with van der Waals surface area (Å²) in [5.74, 6) is 1.09. The average molecular weight is 312 g/mol. The van der Waals surface area contributed by atoms with Gasteiger partial charge in [0.15, 0.2) is 9.84 Å². The molecule has 0 unspecified atom stereocenters. The molecule has 1 aromatic heterocycles. The highest BCUT2D eigenvalue weighted by Gasteiger charge is 2.19. The van der Waals surface area contributed by atoms with Crippen molar-refractivity contribution in [3.8, 4) is 0 Å². The van der Waals surface area contributed by atoms with Crippen LogP contribution in [0.1, 0.15) is 13.3 Å². The first-order valence-corrected chi connectivity index (χ1v) is 9.21. The van der Waals surface area contributed by atoms with Gasteiger partial charge in [-0.3, -0.25) is 4.90 Å². The van der Waals surface area contributed by atoms with Crippen molar-refractivity contribution in [2.24, 2.45) is 0 Å². The smallest absolute Gasteiger partial charge is 0.151 e. The van der Waals surface area contributed by atoms with E-state index in [9.17, 15) is 8.42 Å². The van der Waals surface area contributed by atoms with Gasteiger partial charge in [0, 0.05) is 38.5 Å². The van der Waals surface area contributed by atoms with E-state index in [1.165, 1.54) is 0 Å². The molecule has 7 heteroatoms. The molecule has 1 aliphatic heterocycles. The van der Waals surface area contributed by atoms with Gasteiger partial charge in [-0.2, -0.15) is 0 Å². The predicted molar refractivity (Wildman–Crippen MR) is 86.2 cm³/mol. The van der Waals surface area contributed by atoms with E-state index in [0.29, 0.717) is 24.5 Å². The number of aromatic nitrogens is 1. The average Bonchev–Trinajstić information content (AvgIpc) is 2.47. The molecule has 2 N–H and O–H groups in total. The van der Waals surface area contributed by atoms with Crippen LogP contribution >= 0.6 is 0 Å². The summed E-state index contributed by atoms with van der Waals surface area (Å²) < 4.78 is 23.5. The third kappa shape index (κ3) is 4.86. The van der Waals surface area contributed by atoms with Crippen LogP contribution < -0.4 is 10.6 Å². The van der Waals surface area contributed by atoms with Crippen molar-refractivity contribution < 1.29 is 8.42 Å². The van der Waals surface area contributed by atoms with Crippen LogP contribution in [0.5, 0.6) is 0 Å². The number of sulfone groups is 1. The highest BCUT2D eigenvalue weighted by Crippen LogP contribution is 2.16. The first kappa shape index (κ1) is 16.0. The number of nitrogens with two attached hydrogens (primary N) is 1. The molecule has 1 aliphatic rings. The Morgan fingerprint density at radius 2 is 1.90 bits per heavy atom. The first-order valence-electron chi connectivity index (χ1n) is 7.39. The molecule has 0 amide bonds. The fourth-order valence-electron chi connectivity index (χ4n) is 2.50. The van der Waals surface area contributed by atoms with E-state index >= 15 is 0 Å². The molecule has 2 rings (SSSR count). The summed E-state index contributed by atoms with van der Waals surface area (Å²) in [5, 5.41) is 0. The molecule has 1 fully saturated rings. The van der Waals surface area contributed by atoms with Crippen LogP contribution in [0, 0.1) is 0 Å². The maximum atomic E-state index is 11.7. The molecular formula is C14H24N4O2S. The van der Waals surface area contributed by atoms with Gasteiger partial charge in [0.05, 0.1) is 17.6 Å². The molecule has 2 heterocycles. The lowest BCUT2D eigenvalue weighted by atomic mass is 10.2. The Morgan fingerprint density at radius 3 is 2.48 bits per heavy atom. The number of hydrogen-bond acceptors (Lipinski definition) is 6. The molecular weight excluding hydrogens is 288 g/mol. The molecule has 1 saturated heterocycles. The Morgan fingerprint density at radius 1 is 1.19 bits per heavy atom. The van der Waals surface area contributed by atoms with Gasteiger partial charge in [0.1, 0.15) is 5.82 Å². The summed E-state index contributed by atoms with van der Waals surface area (Å²) in [5.41, 5.74) is 6.66. The lowest BCUT2D eigenvalue weighted by Crippen LogP contribution is -2.47. The number of nitrogens with zero attached hydrogens (tertiary/aromatic N) is 3. The van der Waals surface area contributed by atoms with Crippen LogP contribution in [-0.2, 0) is 9.84 Å². The monoisotopic (exact) mass is 312 g/mol. The molecule has 118 valence electrons. The second-order valence-electron chi connectivity index (χ2n) is 5.42. The molecule has 1 aromatic rings. The van der Waals surface area contributed by atoms with Crippen LogP contribution in [0.2, 0.25) is 0 Å². The highest BCUT2D eigenvalue weighted by molar-refractivity contribution is 7.91. The molecule has 0 spiro atoms. The van der Waals surface area contributed by atoms with Gasteiger partial charge >= 0.3 is 0 Å². The quantitative estimate of drug-likeness (QED) is 0.829. The Labute approximate surface area is 126 Å². The summed E-state index contributed by atoms with van der Waals surface area (Å²) >= 11 is 0. The van der Waals surface area contributed by atoms with Crippen LogP contribution in [-0.4, -0.2) is 62.5 Å². The van der Waals surface area contributed by atoms with Crippen LogP contribution in [0.25, 0.3) is 0 Å². The van der Waals surface area contributed by atoms with Gasteiger partial charge in [-0.25, -0.2) is 13.4 Å². The summed E-state index contributed by atoms with van der Waals surface area (Å²) in [6.07, 6.45) is 2.48. The Hall–Kier alpha value is -1.34. The lowest BCUT2D eigenvalue weighted by molar-refractivity contribution is 0.272. The Balaban J connectivity index is 1.79. The number of hydrogen-bond donors (Lipinski definition) is 1. The minimum absolute atomic E-state index is 0.268. The zero-order chi connectivity index (χ0) is 15.3. The first-order chi connectivity index (χ1) is 10.00. The fourth-order valence-corrected chi connectivity index (χ4v) is 3.86. The molecule has 0 saturated carbocycles. The number of piperazine rings is 1. The standard InChI is InChI=1S/C14H24N4O2S/c1-2-10-21(19,20)11-9-17-5-7-18(8-6-17)13-3-4-14(15)16-12-13/h3-4,12H,2,5-11H2,1H3,(H2,15,16). The molecule has 0 radical (unpaired) electrons. The van der Waals surface area contributed by atoms with Crippen molar-refractivity contribution in [2.75, 3.05) is 54.9 Å². The van der Waals surface area contributed by atoms with E-state index < -0.39 is 9.84 Å². The minimum atomic E-state index is -2.88. The van der Waals surface area contributed by atoms with Crippen molar-refractivity contribution in [3.05, 3.63) is 18.3 Å². The van der Waals surface area contributed by atoms with E-state index in [1.807, 2.05) is 13.0 Å². The van der Waals surface area contributed by atoms with E-state index in [-0.39, 0.29) is 5.75 Å². The Kier molecular flexibility index (Phi) is 5.41. The zero-order valence-corrected chi connectivity index (χ0v) is 13.3. The zero-order valence-electron chi connectivity index (χ0n) is 12.5.